The molecule has 2 aromatic carbocycles. The normalized spacial score (nSPS) is 14.5. The highest BCUT2D eigenvalue weighted by atomic mass is 32.2. The van der Waals surface area contributed by atoms with Crippen LogP contribution in [0, 0.1) is 0 Å². The molecular formula is C20H23N5O4S2. The molecule has 0 saturated carbocycles. The molecule has 1 aromatic heterocycles. The Labute approximate surface area is 185 Å². The van der Waals surface area contributed by atoms with Crippen LogP contribution in [-0.2, 0) is 14.8 Å². The number of para-hydroxylation sites is 1. The number of hydrogen-bond acceptors (Lipinski definition) is 8. The monoisotopic (exact) mass is 461 g/mol. The van der Waals surface area contributed by atoms with Gasteiger partial charge in [-0.3, -0.25) is 4.57 Å². The van der Waals surface area contributed by atoms with Gasteiger partial charge in [0.05, 0.1) is 30.4 Å². The molecule has 3 aromatic rings. The average Bonchev–Trinajstić information content (AvgIpc) is 3.21. The van der Waals surface area contributed by atoms with Crippen molar-refractivity contribution in [1.29, 1.82) is 0 Å². The second-order valence-corrected chi connectivity index (χ2v) is 9.39. The summed E-state index contributed by atoms with van der Waals surface area (Å²) in [5.74, 6) is 2.02. The molecule has 1 saturated heterocycles. The summed E-state index contributed by atoms with van der Waals surface area (Å²) in [6, 6.07) is 16.0. The van der Waals surface area contributed by atoms with Gasteiger partial charge in [-0.15, -0.1) is 10.2 Å². The molecule has 0 aliphatic carbocycles. The Bertz CT molecular complexity index is 1100. The Morgan fingerprint density at radius 2 is 1.74 bits per heavy atom. The van der Waals surface area contributed by atoms with Crippen molar-refractivity contribution in [3.05, 3.63) is 54.6 Å². The summed E-state index contributed by atoms with van der Waals surface area (Å²) in [4.78, 5) is 2.23. The highest BCUT2D eigenvalue weighted by Crippen LogP contribution is 2.27. The van der Waals surface area contributed by atoms with E-state index in [0.29, 0.717) is 31.3 Å². The van der Waals surface area contributed by atoms with E-state index >= 15 is 0 Å². The Balaban J connectivity index is 1.43. The maximum absolute atomic E-state index is 11.3. The predicted octanol–water partition coefficient (Wildman–Crippen LogP) is 1.92. The minimum Gasteiger partial charge on any atom is -0.493 e. The molecule has 0 spiro atoms. The van der Waals surface area contributed by atoms with Gasteiger partial charge in [0.15, 0.2) is 5.16 Å². The van der Waals surface area contributed by atoms with Crippen LogP contribution >= 0.6 is 11.8 Å². The van der Waals surface area contributed by atoms with Gasteiger partial charge in [-0.05, 0) is 36.4 Å². The van der Waals surface area contributed by atoms with Crippen LogP contribution in [0.25, 0.3) is 5.69 Å². The van der Waals surface area contributed by atoms with Gasteiger partial charge in [-0.1, -0.05) is 30.0 Å². The molecule has 0 bridgehead atoms. The van der Waals surface area contributed by atoms with Crippen molar-refractivity contribution in [2.45, 2.75) is 10.1 Å². The lowest BCUT2D eigenvalue weighted by molar-refractivity contribution is 0.122. The van der Waals surface area contributed by atoms with Gasteiger partial charge in [0.1, 0.15) is 5.75 Å². The zero-order valence-corrected chi connectivity index (χ0v) is 18.4. The van der Waals surface area contributed by atoms with E-state index in [-0.39, 0.29) is 4.90 Å². The van der Waals surface area contributed by atoms with Crippen molar-refractivity contribution in [1.82, 2.24) is 14.8 Å². The molecule has 2 heterocycles. The highest BCUT2D eigenvalue weighted by Gasteiger charge is 2.21. The molecule has 0 unspecified atom stereocenters. The number of benzene rings is 2. The molecule has 0 amide bonds. The van der Waals surface area contributed by atoms with Crippen LogP contribution < -0.4 is 14.8 Å². The molecule has 0 radical (unpaired) electrons. The summed E-state index contributed by atoms with van der Waals surface area (Å²) in [6.07, 6.45) is 0. The van der Waals surface area contributed by atoms with Gasteiger partial charge in [0, 0.05) is 18.8 Å². The number of hydrogen-bond donors (Lipinski definition) is 1. The molecule has 1 aliphatic heterocycles. The topological polar surface area (TPSA) is 113 Å². The van der Waals surface area contributed by atoms with Crippen molar-refractivity contribution in [2.24, 2.45) is 5.14 Å². The molecular weight excluding hydrogens is 438 g/mol. The first-order chi connectivity index (χ1) is 15.0. The lowest BCUT2D eigenvalue weighted by atomic mass is 10.3. The summed E-state index contributed by atoms with van der Waals surface area (Å²) in [5.41, 5.74) is 0.996. The van der Waals surface area contributed by atoms with Gasteiger partial charge in [0.2, 0.25) is 16.0 Å². The third-order valence-corrected chi connectivity index (χ3v) is 6.48. The SMILES string of the molecule is NS(=O)(=O)c1ccc(OCCSc2nnc(N3CCOCC3)n2-c2ccccc2)cc1. The fourth-order valence-corrected chi connectivity index (χ4v) is 4.42. The van der Waals surface area contributed by atoms with E-state index < -0.39 is 10.0 Å². The second-order valence-electron chi connectivity index (χ2n) is 6.77. The number of rotatable bonds is 8. The van der Waals surface area contributed by atoms with Gasteiger partial charge >= 0.3 is 0 Å². The number of aromatic nitrogens is 3. The average molecular weight is 462 g/mol. The molecule has 164 valence electrons. The zero-order chi connectivity index (χ0) is 21.7. The first-order valence-corrected chi connectivity index (χ1v) is 12.3. The number of primary sulfonamides is 1. The maximum Gasteiger partial charge on any atom is 0.238 e. The Hall–Kier alpha value is -2.60. The van der Waals surface area contributed by atoms with Crippen LogP contribution in [0.1, 0.15) is 0 Å². The van der Waals surface area contributed by atoms with Crippen LogP contribution in [-0.4, -0.2) is 61.8 Å². The number of nitrogens with zero attached hydrogens (tertiary/aromatic N) is 4. The van der Waals surface area contributed by atoms with E-state index in [1.165, 1.54) is 12.1 Å². The Kier molecular flexibility index (Phi) is 6.76. The third-order valence-electron chi connectivity index (χ3n) is 4.66. The molecule has 2 N–H and O–H groups in total. The third kappa shape index (κ3) is 5.37. The molecule has 1 aliphatic rings. The van der Waals surface area contributed by atoms with E-state index in [4.69, 9.17) is 14.6 Å². The fourth-order valence-electron chi connectivity index (χ4n) is 3.14. The Morgan fingerprint density at radius 3 is 2.42 bits per heavy atom. The molecule has 1 fully saturated rings. The molecule has 31 heavy (non-hydrogen) atoms. The van der Waals surface area contributed by atoms with E-state index in [0.717, 1.165) is 29.9 Å². The van der Waals surface area contributed by atoms with E-state index in [2.05, 4.69) is 19.7 Å². The van der Waals surface area contributed by atoms with E-state index in [1.54, 1.807) is 23.9 Å². The van der Waals surface area contributed by atoms with Crippen molar-refractivity contribution in [3.8, 4) is 11.4 Å². The lowest BCUT2D eigenvalue weighted by Gasteiger charge is -2.27. The zero-order valence-electron chi connectivity index (χ0n) is 16.8. The summed E-state index contributed by atoms with van der Waals surface area (Å²) in [6.45, 7) is 3.30. The van der Waals surface area contributed by atoms with Crippen LogP contribution in [0.2, 0.25) is 0 Å². The van der Waals surface area contributed by atoms with Crippen molar-refractivity contribution >= 4 is 27.7 Å². The first kappa shape index (κ1) is 21.6. The predicted molar refractivity (Wildman–Crippen MR) is 118 cm³/mol. The van der Waals surface area contributed by atoms with Crippen LogP contribution in [0.15, 0.2) is 64.6 Å². The summed E-state index contributed by atoms with van der Waals surface area (Å²) in [7, 11) is -3.71. The molecule has 11 heteroatoms. The van der Waals surface area contributed by atoms with Crippen LogP contribution in [0.3, 0.4) is 0 Å². The second kappa shape index (κ2) is 9.69. The summed E-state index contributed by atoms with van der Waals surface area (Å²) >= 11 is 1.54. The van der Waals surface area contributed by atoms with Gasteiger partial charge in [-0.2, -0.15) is 0 Å². The van der Waals surface area contributed by atoms with Gasteiger partial charge in [-0.25, -0.2) is 13.6 Å². The molecule has 0 atom stereocenters. The Morgan fingerprint density at radius 1 is 1.03 bits per heavy atom. The minimum absolute atomic E-state index is 0.0563. The van der Waals surface area contributed by atoms with Crippen LogP contribution in [0.4, 0.5) is 5.95 Å². The molecule has 4 rings (SSSR count). The smallest absolute Gasteiger partial charge is 0.238 e. The van der Waals surface area contributed by atoms with Crippen LogP contribution in [0.5, 0.6) is 5.75 Å². The fraction of sp³-hybridized carbons (Fsp3) is 0.300. The minimum atomic E-state index is -3.71. The van der Waals surface area contributed by atoms with Gasteiger partial charge in [0.25, 0.3) is 0 Å². The van der Waals surface area contributed by atoms with Gasteiger partial charge < -0.3 is 14.4 Å². The summed E-state index contributed by atoms with van der Waals surface area (Å²) < 4.78 is 35.9. The number of sulfonamides is 1. The summed E-state index contributed by atoms with van der Waals surface area (Å²) in [5, 5.41) is 14.7. The number of nitrogens with two attached hydrogens (primary N) is 1. The van der Waals surface area contributed by atoms with Crippen molar-refractivity contribution in [3.63, 3.8) is 0 Å². The lowest BCUT2D eigenvalue weighted by Crippen LogP contribution is -2.37. The maximum atomic E-state index is 11.3. The van der Waals surface area contributed by atoms with E-state index in [1.807, 2.05) is 30.3 Å². The number of ether oxygens (including phenoxy) is 2. The first-order valence-electron chi connectivity index (χ1n) is 9.74. The quantitative estimate of drug-likeness (QED) is 0.400. The highest BCUT2D eigenvalue weighted by molar-refractivity contribution is 7.99. The standard InChI is InChI=1S/C20H23N5O4S2/c21-31(26,27)18-8-6-17(7-9-18)29-14-15-30-20-23-22-19(24-10-12-28-13-11-24)25(20)16-4-2-1-3-5-16/h1-9H,10-15H2,(H2,21,26,27). The largest absolute Gasteiger partial charge is 0.493 e. The number of anilines is 1. The number of morpholine rings is 1. The number of thioether (sulfide) groups is 1. The van der Waals surface area contributed by atoms with Crippen molar-refractivity contribution < 1.29 is 17.9 Å². The molecule has 9 nitrogen and oxygen atoms in total. The van der Waals surface area contributed by atoms with E-state index in [9.17, 15) is 8.42 Å². The van der Waals surface area contributed by atoms with Crippen molar-refractivity contribution in [2.75, 3.05) is 43.6 Å².